The second-order valence-corrected chi connectivity index (χ2v) is 8.65. The Morgan fingerprint density at radius 2 is 1.97 bits per heavy atom. The number of hydrogen-bond acceptors (Lipinski definition) is 10. The predicted molar refractivity (Wildman–Crippen MR) is 128 cm³/mol. The van der Waals surface area contributed by atoms with E-state index in [1.54, 1.807) is 6.92 Å². The van der Waals surface area contributed by atoms with Crippen LogP contribution >= 0.6 is 23.4 Å². The summed E-state index contributed by atoms with van der Waals surface area (Å²) in [6.45, 7) is 1.04. The summed E-state index contributed by atoms with van der Waals surface area (Å²) in [5.74, 6) is -1.74. The zero-order chi connectivity index (χ0) is 26.0. The number of benzene rings is 2. The van der Waals surface area contributed by atoms with Crippen LogP contribution in [0.3, 0.4) is 0 Å². The van der Waals surface area contributed by atoms with Gasteiger partial charge in [0.1, 0.15) is 6.54 Å². The lowest BCUT2D eigenvalue weighted by Gasteiger charge is -2.13. The fourth-order valence-corrected chi connectivity index (χ4v) is 4.33. The third kappa shape index (κ3) is 5.11. The van der Waals surface area contributed by atoms with Crippen LogP contribution in [-0.4, -0.2) is 52.8 Å². The Hall–Kier alpha value is -4.10. The lowest BCUT2D eigenvalue weighted by molar-refractivity contribution is -0.385. The van der Waals surface area contributed by atoms with Crippen molar-refractivity contribution in [3.63, 3.8) is 0 Å². The second-order valence-electron chi connectivity index (χ2n) is 7.25. The first kappa shape index (κ1) is 25.0. The minimum atomic E-state index is -0.796. The molecule has 0 aliphatic carbocycles. The van der Waals surface area contributed by atoms with E-state index in [2.05, 4.69) is 5.32 Å². The highest BCUT2D eigenvalue weighted by Crippen LogP contribution is 2.40. The van der Waals surface area contributed by atoms with Gasteiger partial charge in [0.05, 0.1) is 38.7 Å². The quantitative estimate of drug-likeness (QED) is 0.240. The Morgan fingerprint density at radius 1 is 1.25 bits per heavy atom. The van der Waals surface area contributed by atoms with Gasteiger partial charge in [0.15, 0.2) is 11.5 Å². The molecule has 2 aromatic rings. The zero-order valence-electron chi connectivity index (χ0n) is 18.4. The van der Waals surface area contributed by atoms with Crippen molar-refractivity contribution in [2.24, 2.45) is 0 Å². The number of nitro benzene ring substituents is 1. The smallest absolute Gasteiger partial charge is 0.339 e. The van der Waals surface area contributed by atoms with Gasteiger partial charge in [0, 0.05) is 5.69 Å². The lowest BCUT2D eigenvalue weighted by atomic mass is 10.1. The summed E-state index contributed by atoms with van der Waals surface area (Å²) >= 11 is 6.54. The van der Waals surface area contributed by atoms with E-state index in [9.17, 15) is 29.3 Å². The van der Waals surface area contributed by atoms with Gasteiger partial charge in [-0.25, -0.2) is 4.79 Å². The molecule has 0 saturated carbocycles. The largest absolute Gasteiger partial charge is 0.462 e. The van der Waals surface area contributed by atoms with E-state index in [0.717, 1.165) is 0 Å². The number of thioether (sulfide) groups is 1. The molecule has 2 heterocycles. The molecule has 14 heteroatoms. The molecule has 186 valence electrons. The normalized spacial score (nSPS) is 15.4. The predicted octanol–water partition coefficient (Wildman–Crippen LogP) is 3.83. The van der Waals surface area contributed by atoms with Gasteiger partial charge in [-0.3, -0.25) is 29.4 Å². The molecule has 2 aromatic carbocycles. The van der Waals surface area contributed by atoms with E-state index in [1.165, 1.54) is 36.4 Å². The van der Waals surface area contributed by atoms with E-state index < -0.39 is 34.5 Å². The molecule has 0 unspecified atom stereocenters. The minimum Gasteiger partial charge on any atom is -0.462 e. The summed E-state index contributed by atoms with van der Waals surface area (Å²) in [6, 6.07) is 6.65. The van der Waals surface area contributed by atoms with Crippen molar-refractivity contribution in [3.05, 3.63) is 61.5 Å². The molecule has 36 heavy (non-hydrogen) atoms. The molecule has 0 spiro atoms. The third-order valence-electron chi connectivity index (χ3n) is 4.93. The highest BCUT2D eigenvalue weighted by atomic mass is 35.5. The second kappa shape index (κ2) is 10.3. The van der Waals surface area contributed by atoms with Gasteiger partial charge < -0.3 is 19.5 Å². The Balaban J connectivity index is 1.50. The number of amides is 3. The standard InChI is InChI=1S/C22H16ClN3O9S/c1-2-33-21(29)13-7-12(3-4-14(13)23)24-19(27)9-25-20(28)18(36-22(25)30)6-11-5-16-17(35-10-34-16)8-15(11)26(31)32/h3-8H,2,9-10H2,1H3,(H,24,27)/b18-6-. The van der Waals surface area contributed by atoms with Gasteiger partial charge in [-0.1, -0.05) is 11.6 Å². The molecule has 1 N–H and O–H groups in total. The highest BCUT2D eigenvalue weighted by molar-refractivity contribution is 8.18. The monoisotopic (exact) mass is 533 g/mol. The van der Waals surface area contributed by atoms with Gasteiger partial charge in [-0.05, 0) is 49.0 Å². The van der Waals surface area contributed by atoms with Crippen molar-refractivity contribution < 1.29 is 38.3 Å². The maximum Gasteiger partial charge on any atom is 0.339 e. The number of carbonyl (C=O) groups excluding carboxylic acids is 4. The summed E-state index contributed by atoms with van der Waals surface area (Å²) in [7, 11) is 0. The number of anilines is 1. The molecule has 1 saturated heterocycles. The number of hydrogen-bond donors (Lipinski definition) is 1. The van der Waals surface area contributed by atoms with Crippen LogP contribution in [0.15, 0.2) is 35.2 Å². The van der Waals surface area contributed by atoms with E-state index >= 15 is 0 Å². The first-order valence-electron chi connectivity index (χ1n) is 10.3. The van der Waals surface area contributed by atoms with Crippen molar-refractivity contribution in [1.29, 1.82) is 0 Å². The molecule has 4 rings (SSSR count). The fraction of sp³-hybridized carbons (Fsp3) is 0.182. The van der Waals surface area contributed by atoms with Crippen molar-refractivity contribution >= 4 is 63.8 Å². The van der Waals surface area contributed by atoms with Gasteiger partial charge >= 0.3 is 5.97 Å². The summed E-state index contributed by atoms with van der Waals surface area (Å²) in [5.41, 5.74) is -0.0718. The maximum absolute atomic E-state index is 12.8. The van der Waals surface area contributed by atoms with Crippen LogP contribution in [-0.2, 0) is 14.3 Å². The average Bonchev–Trinajstić information content (AvgIpc) is 3.39. The van der Waals surface area contributed by atoms with Crippen molar-refractivity contribution in [2.45, 2.75) is 6.92 Å². The maximum atomic E-state index is 12.8. The van der Waals surface area contributed by atoms with Gasteiger partial charge in [-0.2, -0.15) is 0 Å². The van der Waals surface area contributed by atoms with Crippen LogP contribution in [0.1, 0.15) is 22.8 Å². The number of carbonyl (C=O) groups is 4. The highest BCUT2D eigenvalue weighted by Gasteiger charge is 2.37. The Labute approximate surface area is 212 Å². The topological polar surface area (TPSA) is 154 Å². The van der Waals surface area contributed by atoms with E-state index in [1.807, 2.05) is 0 Å². The fourth-order valence-electron chi connectivity index (χ4n) is 3.31. The molecule has 0 aromatic heterocycles. The number of esters is 1. The summed E-state index contributed by atoms with van der Waals surface area (Å²) in [5, 5.41) is 13.4. The summed E-state index contributed by atoms with van der Waals surface area (Å²) in [4.78, 5) is 61.2. The minimum absolute atomic E-state index is 0.0341. The van der Waals surface area contributed by atoms with Gasteiger partial charge in [-0.15, -0.1) is 0 Å². The van der Waals surface area contributed by atoms with Crippen molar-refractivity contribution in [2.75, 3.05) is 25.3 Å². The number of ether oxygens (including phenoxy) is 3. The Bertz CT molecular complexity index is 1340. The number of nitro groups is 1. The van der Waals surface area contributed by atoms with Crippen molar-refractivity contribution in [3.8, 4) is 11.5 Å². The summed E-state index contributed by atoms with van der Waals surface area (Å²) < 4.78 is 15.3. The van der Waals surface area contributed by atoms with Crippen LogP contribution in [0.25, 0.3) is 6.08 Å². The molecule has 0 bridgehead atoms. The number of nitrogens with one attached hydrogen (secondary N) is 1. The van der Waals surface area contributed by atoms with Crippen LogP contribution in [0.5, 0.6) is 11.5 Å². The number of halogens is 1. The van der Waals surface area contributed by atoms with E-state index in [0.29, 0.717) is 16.7 Å². The Morgan fingerprint density at radius 3 is 2.67 bits per heavy atom. The first-order valence-corrected chi connectivity index (χ1v) is 11.5. The number of nitrogens with zero attached hydrogens (tertiary/aromatic N) is 2. The molecule has 3 amide bonds. The van der Waals surface area contributed by atoms with Gasteiger partial charge in [0.2, 0.25) is 12.7 Å². The Kier molecular flexibility index (Phi) is 7.12. The number of rotatable bonds is 7. The average molecular weight is 534 g/mol. The van der Waals surface area contributed by atoms with E-state index in [4.69, 9.17) is 25.8 Å². The summed E-state index contributed by atoms with van der Waals surface area (Å²) in [6.07, 6.45) is 1.19. The molecule has 1 fully saturated rings. The number of fused-ring (bicyclic) bond motifs is 1. The zero-order valence-corrected chi connectivity index (χ0v) is 20.0. The molecular formula is C22H16ClN3O9S. The van der Waals surface area contributed by atoms with E-state index in [-0.39, 0.29) is 57.3 Å². The molecule has 12 nitrogen and oxygen atoms in total. The molecule has 0 radical (unpaired) electrons. The van der Waals surface area contributed by atoms with Gasteiger partial charge in [0.25, 0.3) is 16.8 Å². The van der Waals surface area contributed by atoms with Crippen LogP contribution < -0.4 is 14.8 Å². The van der Waals surface area contributed by atoms with Crippen LogP contribution in [0.4, 0.5) is 16.2 Å². The molecule has 0 atom stereocenters. The SMILES string of the molecule is CCOC(=O)c1cc(NC(=O)CN2C(=O)S/C(=C\c3cc4c(cc3[N+](=O)[O-])OCO4)C2=O)ccc1Cl. The van der Waals surface area contributed by atoms with Crippen molar-refractivity contribution in [1.82, 2.24) is 4.90 Å². The van der Waals surface area contributed by atoms with Crippen LogP contribution in [0.2, 0.25) is 5.02 Å². The molecule has 2 aliphatic heterocycles. The van der Waals surface area contributed by atoms with Crippen LogP contribution in [0, 0.1) is 10.1 Å². The molecule has 2 aliphatic rings. The number of imide groups is 1. The third-order valence-corrected chi connectivity index (χ3v) is 6.16. The molecular weight excluding hydrogens is 518 g/mol. The first-order chi connectivity index (χ1) is 17.2. The lowest BCUT2D eigenvalue weighted by Crippen LogP contribution is -2.36.